The van der Waals surface area contributed by atoms with Gasteiger partial charge in [-0.3, -0.25) is 9.59 Å². The van der Waals surface area contributed by atoms with Crippen molar-refractivity contribution in [2.75, 3.05) is 6.54 Å². The molecule has 23 heavy (non-hydrogen) atoms. The molecule has 1 atom stereocenters. The highest BCUT2D eigenvalue weighted by Gasteiger charge is 2.20. The highest BCUT2D eigenvalue weighted by molar-refractivity contribution is 5.87. The molecule has 132 valence electrons. The minimum atomic E-state index is -0.617. The molecule has 0 aliphatic rings. The smallest absolute Gasteiger partial charge is 0.239 e. The third-order valence-corrected chi connectivity index (χ3v) is 3.17. The highest BCUT2D eigenvalue weighted by Crippen LogP contribution is 2.22. The van der Waals surface area contributed by atoms with Crippen LogP contribution in [0.3, 0.4) is 0 Å². The third kappa shape index (κ3) is 7.00. The number of amides is 2. The molecular weight excluding hydrogens is 320 g/mol. The lowest BCUT2D eigenvalue weighted by Crippen LogP contribution is -2.47. The second-order valence-electron chi connectivity index (χ2n) is 6.63. The largest absolute Gasteiger partial charge is 0.443 e. The SMILES string of the molecule is CC(C)[C@H](N)C(=O)NCC(=O)NCc1ncc(C(C)(C)C)o1.Cl. The third-order valence-electron chi connectivity index (χ3n) is 3.17. The first-order valence-electron chi connectivity index (χ1n) is 7.36. The summed E-state index contributed by atoms with van der Waals surface area (Å²) in [6.07, 6.45) is 1.66. The zero-order valence-electron chi connectivity index (χ0n) is 14.3. The monoisotopic (exact) mass is 346 g/mol. The van der Waals surface area contributed by atoms with E-state index in [0.29, 0.717) is 5.89 Å². The number of carbonyl (C=O) groups excluding carboxylic acids is 2. The number of rotatable bonds is 6. The van der Waals surface area contributed by atoms with Crippen molar-refractivity contribution in [1.29, 1.82) is 0 Å². The van der Waals surface area contributed by atoms with Crippen molar-refractivity contribution in [1.82, 2.24) is 15.6 Å². The molecule has 8 heteroatoms. The van der Waals surface area contributed by atoms with E-state index in [1.807, 2.05) is 34.6 Å². The summed E-state index contributed by atoms with van der Waals surface area (Å²) >= 11 is 0. The van der Waals surface area contributed by atoms with Crippen LogP contribution in [0.15, 0.2) is 10.6 Å². The first-order valence-corrected chi connectivity index (χ1v) is 7.36. The van der Waals surface area contributed by atoms with E-state index in [0.717, 1.165) is 5.76 Å². The number of oxazole rings is 1. The standard InChI is InChI=1S/C15H26N4O3.ClH/c1-9(2)13(16)14(21)19-7-11(20)17-8-12-18-6-10(22-12)15(3,4)5;/h6,9,13H,7-8,16H2,1-5H3,(H,17,20)(H,19,21);1H/t13-;/m0./s1. The number of hydrogen-bond acceptors (Lipinski definition) is 5. The molecule has 0 saturated heterocycles. The van der Waals surface area contributed by atoms with Gasteiger partial charge in [0, 0.05) is 5.41 Å². The van der Waals surface area contributed by atoms with E-state index in [9.17, 15) is 9.59 Å². The molecule has 1 heterocycles. The summed E-state index contributed by atoms with van der Waals surface area (Å²) in [5.41, 5.74) is 5.56. The number of halogens is 1. The fourth-order valence-electron chi connectivity index (χ4n) is 1.56. The lowest BCUT2D eigenvalue weighted by Gasteiger charge is -2.15. The zero-order valence-corrected chi connectivity index (χ0v) is 15.1. The maximum atomic E-state index is 11.7. The summed E-state index contributed by atoms with van der Waals surface area (Å²) in [5, 5.41) is 5.14. The van der Waals surface area contributed by atoms with Crippen LogP contribution in [0.1, 0.15) is 46.3 Å². The first-order chi connectivity index (χ1) is 10.1. The van der Waals surface area contributed by atoms with Gasteiger partial charge in [0.05, 0.1) is 25.3 Å². The van der Waals surface area contributed by atoms with Crippen molar-refractivity contribution in [2.24, 2.45) is 11.7 Å². The van der Waals surface area contributed by atoms with Crippen molar-refractivity contribution in [3.8, 4) is 0 Å². The molecule has 0 aromatic carbocycles. The first kappa shape index (κ1) is 21.4. The maximum Gasteiger partial charge on any atom is 0.239 e. The van der Waals surface area contributed by atoms with Crippen molar-refractivity contribution >= 4 is 24.2 Å². The number of nitrogens with zero attached hydrogens (tertiary/aromatic N) is 1. The lowest BCUT2D eigenvalue weighted by molar-refractivity contribution is -0.127. The van der Waals surface area contributed by atoms with E-state index in [1.54, 1.807) is 6.20 Å². The molecular formula is C15H27ClN4O3. The zero-order chi connectivity index (χ0) is 16.9. The second-order valence-corrected chi connectivity index (χ2v) is 6.63. The molecule has 0 unspecified atom stereocenters. The molecule has 1 rings (SSSR count). The van der Waals surface area contributed by atoms with E-state index in [4.69, 9.17) is 10.2 Å². The molecule has 0 fully saturated rings. The highest BCUT2D eigenvalue weighted by atomic mass is 35.5. The normalized spacial score (nSPS) is 12.5. The van der Waals surface area contributed by atoms with Gasteiger partial charge >= 0.3 is 0 Å². The van der Waals surface area contributed by atoms with Crippen LogP contribution in [0.2, 0.25) is 0 Å². The summed E-state index contributed by atoms with van der Waals surface area (Å²) in [6, 6.07) is -0.617. The lowest BCUT2D eigenvalue weighted by atomic mass is 9.94. The van der Waals surface area contributed by atoms with Crippen LogP contribution in [-0.4, -0.2) is 29.4 Å². The molecule has 0 spiro atoms. The molecule has 1 aromatic rings. The average molecular weight is 347 g/mol. The van der Waals surface area contributed by atoms with Crippen LogP contribution in [0.4, 0.5) is 0 Å². The summed E-state index contributed by atoms with van der Waals surface area (Å²) < 4.78 is 5.56. The topological polar surface area (TPSA) is 110 Å². The Morgan fingerprint density at radius 2 is 1.91 bits per heavy atom. The van der Waals surface area contributed by atoms with Gasteiger partial charge < -0.3 is 20.8 Å². The van der Waals surface area contributed by atoms with Gasteiger partial charge in [0.2, 0.25) is 17.7 Å². The number of nitrogens with two attached hydrogens (primary N) is 1. The number of nitrogens with one attached hydrogen (secondary N) is 2. The molecule has 2 amide bonds. The maximum absolute atomic E-state index is 11.7. The van der Waals surface area contributed by atoms with Gasteiger partial charge in [-0.1, -0.05) is 34.6 Å². The van der Waals surface area contributed by atoms with Gasteiger partial charge in [-0.25, -0.2) is 4.98 Å². The Hall–Kier alpha value is -1.60. The van der Waals surface area contributed by atoms with Crippen LogP contribution < -0.4 is 16.4 Å². The molecule has 7 nitrogen and oxygen atoms in total. The van der Waals surface area contributed by atoms with Gasteiger partial charge in [-0.05, 0) is 5.92 Å². The van der Waals surface area contributed by atoms with Crippen molar-refractivity contribution < 1.29 is 14.0 Å². The summed E-state index contributed by atoms with van der Waals surface area (Å²) in [4.78, 5) is 27.4. The van der Waals surface area contributed by atoms with Gasteiger partial charge in [0.15, 0.2) is 0 Å². The Morgan fingerprint density at radius 1 is 1.30 bits per heavy atom. The number of carbonyl (C=O) groups is 2. The fourth-order valence-corrected chi connectivity index (χ4v) is 1.56. The van der Waals surface area contributed by atoms with Gasteiger partial charge in [-0.15, -0.1) is 12.4 Å². The van der Waals surface area contributed by atoms with Crippen molar-refractivity contribution in [3.05, 3.63) is 17.8 Å². The van der Waals surface area contributed by atoms with Gasteiger partial charge in [-0.2, -0.15) is 0 Å². The van der Waals surface area contributed by atoms with Gasteiger partial charge in [0.25, 0.3) is 0 Å². The Balaban J connectivity index is 0.00000484. The predicted octanol–water partition coefficient (Wildman–Crippen LogP) is 1.11. The molecule has 0 aliphatic carbocycles. The van der Waals surface area contributed by atoms with Crippen LogP contribution >= 0.6 is 12.4 Å². The quantitative estimate of drug-likeness (QED) is 0.714. The van der Waals surface area contributed by atoms with E-state index in [2.05, 4.69) is 15.6 Å². The Labute approximate surface area is 143 Å². The average Bonchev–Trinajstić information content (AvgIpc) is 2.90. The van der Waals surface area contributed by atoms with Crippen LogP contribution in [0.5, 0.6) is 0 Å². The van der Waals surface area contributed by atoms with Crippen molar-refractivity contribution in [2.45, 2.75) is 52.6 Å². The summed E-state index contributed by atoms with van der Waals surface area (Å²) in [6.45, 7) is 9.81. The number of aromatic nitrogens is 1. The second kappa shape index (κ2) is 8.88. The van der Waals surface area contributed by atoms with Crippen LogP contribution in [0, 0.1) is 5.92 Å². The van der Waals surface area contributed by atoms with E-state index < -0.39 is 6.04 Å². The van der Waals surface area contributed by atoms with Crippen LogP contribution in [-0.2, 0) is 21.5 Å². The Morgan fingerprint density at radius 3 is 2.39 bits per heavy atom. The van der Waals surface area contributed by atoms with Crippen molar-refractivity contribution in [3.63, 3.8) is 0 Å². The van der Waals surface area contributed by atoms with Gasteiger partial charge in [0.1, 0.15) is 5.76 Å². The summed E-state index contributed by atoms with van der Waals surface area (Å²) in [5.74, 6) is 0.554. The van der Waals surface area contributed by atoms with Crippen LogP contribution in [0.25, 0.3) is 0 Å². The predicted molar refractivity (Wildman–Crippen MR) is 90.1 cm³/mol. The van der Waals surface area contributed by atoms with E-state index >= 15 is 0 Å². The molecule has 1 aromatic heterocycles. The molecule has 0 aliphatic heterocycles. The molecule has 0 radical (unpaired) electrons. The Kier molecular flexibility index (Phi) is 8.26. The molecule has 4 N–H and O–H groups in total. The van der Waals surface area contributed by atoms with E-state index in [1.165, 1.54) is 0 Å². The fraction of sp³-hybridized carbons (Fsp3) is 0.667. The Bertz CT molecular complexity index is 523. The molecule has 0 saturated carbocycles. The van der Waals surface area contributed by atoms with E-state index in [-0.39, 0.29) is 48.6 Å². The number of hydrogen-bond donors (Lipinski definition) is 3. The summed E-state index contributed by atoms with van der Waals surface area (Å²) in [7, 11) is 0. The molecule has 0 bridgehead atoms. The minimum absolute atomic E-state index is 0. The minimum Gasteiger partial charge on any atom is -0.443 e.